The van der Waals surface area contributed by atoms with Gasteiger partial charge in [0.2, 0.25) is 0 Å². The van der Waals surface area contributed by atoms with Crippen LogP contribution in [0.25, 0.3) is 0 Å². The zero-order valence-electron chi connectivity index (χ0n) is 2.26. The third kappa shape index (κ3) is 4.35. The van der Waals surface area contributed by atoms with Crippen molar-refractivity contribution < 1.29 is 15.7 Å². The van der Waals surface area contributed by atoms with Gasteiger partial charge >= 0.3 is 37.8 Å². The van der Waals surface area contributed by atoms with Gasteiger partial charge < -0.3 is 0 Å². The van der Waals surface area contributed by atoms with Crippen LogP contribution in [-0.2, 0) is 15.7 Å². The summed E-state index contributed by atoms with van der Waals surface area (Å²) in [6, 6.07) is 0. The van der Waals surface area contributed by atoms with Gasteiger partial charge in [-0.3, -0.25) is 0 Å². The van der Waals surface area contributed by atoms with E-state index in [1.54, 1.807) is 0 Å². The summed E-state index contributed by atoms with van der Waals surface area (Å²) in [5.41, 5.74) is 0. The van der Waals surface area contributed by atoms with E-state index in [-0.39, 0.29) is 0 Å². The van der Waals surface area contributed by atoms with Gasteiger partial charge in [0.05, 0.1) is 0 Å². The Bertz CT molecular complexity index is 65.0. The summed E-state index contributed by atoms with van der Waals surface area (Å²) in [5, 5.41) is 12.7. The first kappa shape index (κ1) is 5.35. The Labute approximate surface area is 38.6 Å². The Kier molecular flexibility index (Phi) is 2.77. The summed E-state index contributed by atoms with van der Waals surface area (Å²) in [4.78, 5) is 0. The van der Waals surface area contributed by atoms with Gasteiger partial charge in [0.25, 0.3) is 0 Å². The fourth-order valence-corrected chi connectivity index (χ4v) is 0. The third-order valence-electron chi connectivity index (χ3n) is 0.0707. The van der Waals surface area contributed by atoms with Gasteiger partial charge in [-0.15, -0.1) is 0 Å². The summed E-state index contributed by atoms with van der Waals surface area (Å²) in [6.07, 6.45) is 0. The van der Waals surface area contributed by atoms with Crippen LogP contribution < -0.4 is 4.17 Å². The summed E-state index contributed by atoms with van der Waals surface area (Å²) in [7, 11) is -1.51. The molecular weight excluding hydrogens is 132 g/mol. The molecule has 0 amide bonds. The Balaban J connectivity index is 3.23. The van der Waals surface area contributed by atoms with Gasteiger partial charge in [-0.25, -0.2) is 0 Å². The number of hydrogen-bond donors (Lipinski definition) is 3. The van der Waals surface area contributed by atoms with Crippen LogP contribution in [0.4, 0.5) is 0 Å². The molecular formula is H3N3NiP. The van der Waals surface area contributed by atoms with Gasteiger partial charge in [0.1, 0.15) is 0 Å². The molecule has 3 N–H and O–H groups in total. The maximum atomic E-state index is 6.35. The van der Waals surface area contributed by atoms with E-state index in [1.807, 2.05) is 0 Å². The molecule has 0 aromatic heterocycles. The first-order valence-corrected chi connectivity index (χ1v) is 2.66. The fourth-order valence-electron chi connectivity index (χ4n) is 0. The minimum absolute atomic E-state index is 1.51. The van der Waals surface area contributed by atoms with E-state index in [4.69, 9.17) is 10.3 Å². The van der Waals surface area contributed by atoms with Crippen LogP contribution in [0, 0.1) is 10.3 Å². The molecule has 0 radical (unpaired) electrons. The summed E-state index contributed by atoms with van der Waals surface area (Å²) in [6.45, 7) is 0. The number of hydrogen-bond acceptors (Lipinski definition) is 2. The second-order valence-electron chi connectivity index (χ2n) is 0.406. The molecule has 5 heteroatoms. The molecule has 0 saturated heterocycles. The second kappa shape index (κ2) is 2.58. The summed E-state index contributed by atoms with van der Waals surface area (Å²) < 4.78 is 2.05. The van der Waals surface area contributed by atoms with Crippen molar-refractivity contribution in [2.75, 3.05) is 0 Å². The molecule has 0 aliphatic rings. The molecule has 33 valence electrons. The molecule has 5 heavy (non-hydrogen) atoms. The SMILES string of the molecule is N=P(=N)[NH][Ni]. The quantitative estimate of drug-likeness (QED) is 0.363. The third-order valence-corrected chi connectivity index (χ3v) is 0.875. The van der Waals surface area contributed by atoms with Crippen LogP contribution in [0.1, 0.15) is 0 Å². The average molecular weight is 135 g/mol. The van der Waals surface area contributed by atoms with Gasteiger partial charge in [-0.1, -0.05) is 0 Å². The van der Waals surface area contributed by atoms with Gasteiger partial charge in [-0.05, 0) is 0 Å². The van der Waals surface area contributed by atoms with Crippen molar-refractivity contribution >= 4 is 7.66 Å². The zero-order valence-corrected chi connectivity index (χ0v) is 4.15. The minimum atomic E-state index is -1.51. The summed E-state index contributed by atoms with van der Waals surface area (Å²) in [5.74, 6) is 0. The average Bonchev–Trinajstić information content (AvgIpc) is 1.38. The molecule has 0 rings (SSSR count). The van der Waals surface area contributed by atoms with E-state index < -0.39 is 7.66 Å². The van der Waals surface area contributed by atoms with Crippen LogP contribution in [0.3, 0.4) is 0 Å². The molecule has 0 spiro atoms. The molecule has 0 aromatic rings. The van der Waals surface area contributed by atoms with Crippen molar-refractivity contribution in [2.45, 2.75) is 0 Å². The molecule has 0 aliphatic heterocycles. The molecule has 0 fully saturated rings. The molecule has 0 saturated carbocycles. The van der Waals surface area contributed by atoms with E-state index >= 15 is 0 Å². The van der Waals surface area contributed by atoms with Crippen molar-refractivity contribution in [1.82, 2.24) is 4.17 Å². The number of rotatable bonds is 1. The Morgan fingerprint density at radius 3 is 1.80 bits per heavy atom. The fraction of sp³-hybridized carbons (Fsp3) is 0. The summed E-state index contributed by atoms with van der Waals surface area (Å²) >= 11 is 3.83. The van der Waals surface area contributed by atoms with E-state index in [1.165, 1.54) is 0 Å². The van der Waals surface area contributed by atoms with E-state index in [9.17, 15) is 0 Å². The monoisotopic (exact) mass is 134 g/mol. The topological polar surface area (TPSA) is 59.7 Å². The first-order chi connectivity index (χ1) is 2.27. The molecule has 3 nitrogen and oxygen atoms in total. The van der Waals surface area contributed by atoms with Crippen molar-refractivity contribution in [3.8, 4) is 0 Å². The van der Waals surface area contributed by atoms with Crippen LogP contribution in [-0.4, -0.2) is 0 Å². The molecule has 0 heterocycles. The zero-order chi connectivity index (χ0) is 4.28. The van der Waals surface area contributed by atoms with Gasteiger partial charge in [0, 0.05) is 0 Å². The van der Waals surface area contributed by atoms with Crippen LogP contribution in [0.15, 0.2) is 0 Å². The molecule has 0 atom stereocenters. The van der Waals surface area contributed by atoms with Gasteiger partial charge in [-0.2, -0.15) is 0 Å². The molecule has 0 unspecified atom stereocenters. The standard InChI is InChI=1S/H3N3P.Ni/c1-4(2)3;/h(H3-,1,2,3);/q-1;+1. The molecule has 0 bridgehead atoms. The van der Waals surface area contributed by atoms with E-state index in [2.05, 4.69) is 19.8 Å². The van der Waals surface area contributed by atoms with Crippen molar-refractivity contribution in [3.63, 3.8) is 0 Å². The van der Waals surface area contributed by atoms with Crippen LogP contribution in [0.2, 0.25) is 0 Å². The maximum absolute atomic E-state index is 6.35. The Morgan fingerprint density at radius 1 is 1.60 bits per heavy atom. The Morgan fingerprint density at radius 2 is 1.80 bits per heavy atom. The first-order valence-electron chi connectivity index (χ1n) is 0.829. The normalized spacial score (nSPS) is 11.2. The Hall–Kier alpha value is 0.354. The van der Waals surface area contributed by atoms with Gasteiger partial charge in [0.15, 0.2) is 0 Å². The molecule has 0 aliphatic carbocycles. The van der Waals surface area contributed by atoms with E-state index in [0.717, 1.165) is 0 Å². The van der Waals surface area contributed by atoms with Crippen molar-refractivity contribution in [1.29, 1.82) is 10.3 Å². The van der Waals surface area contributed by atoms with Crippen LogP contribution in [0.5, 0.6) is 0 Å². The van der Waals surface area contributed by atoms with E-state index in [0.29, 0.717) is 0 Å². The van der Waals surface area contributed by atoms with Crippen LogP contribution >= 0.6 is 7.66 Å². The van der Waals surface area contributed by atoms with Crippen molar-refractivity contribution in [3.05, 3.63) is 0 Å². The van der Waals surface area contributed by atoms with Crippen molar-refractivity contribution in [2.24, 2.45) is 0 Å². The molecule has 0 aromatic carbocycles. The second-order valence-corrected chi connectivity index (χ2v) is 1.88. The predicted octanol–water partition coefficient (Wildman–Crippen LogP) is 0.959. The number of nitrogens with one attached hydrogen (secondary N) is 3. The predicted molar refractivity (Wildman–Crippen MR) is 15.5 cm³/mol.